The van der Waals surface area contributed by atoms with E-state index in [0.717, 1.165) is 24.4 Å². The normalized spacial score (nSPS) is 14.8. The molecule has 18 heavy (non-hydrogen) atoms. The monoisotopic (exact) mass is 269 g/mol. The van der Waals surface area contributed by atoms with Gasteiger partial charge in [-0.1, -0.05) is 20.8 Å². The van der Waals surface area contributed by atoms with E-state index in [9.17, 15) is 0 Å². The number of rotatable bonds is 6. The molecule has 104 valence electrons. The average molecular weight is 269 g/mol. The molecule has 0 saturated heterocycles. The maximum absolute atomic E-state index is 6.15. The Balaban J connectivity index is 2.33. The Morgan fingerprint density at radius 1 is 1.33 bits per heavy atom. The van der Waals surface area contributed by atoms with Crippen LogP contribution in [0.2, 0.25) is 0 Å². The maximum Gasteiger partial charge on any atom is 0.112 e. The number of nitrogens with two attached hydrogens (primary N) is 1. The van der Waals surface area contributed by atoms with Crippen molar-refractivity contribution in [2.75, 3.05) is 6.54 Å². The molecule has 1 atom stereocenters. The van der Waals surface area contributed by atoms with Gasteiger partial charge in [-0.15, -0.1) is 11.3 Å². The lowest BCUT2D eigenvalue weighted by atomic mass is 9.87. The van der Waals surface area contributed by atoms with Crippen LogP contribution in [0.3, 0.4) is 0 Å². The first-order chi connectivity index (χ1) is 8.21. The summed E-state index contributed by atoms with van der Waals surface area (Å²) < 4.78 is 0. The van der Waals surface area contributed by atoms with Crippen LogP contribution in [0.25, 0.3) is 0 Å². The minimum Gasteiger partial charge on any atom is -0.328 e. The smallest absolute Gasteiger partial charge is 0.112 e. The molecule has 0 bridgehead atoms. The second-order valence-corrected chi connectivity index (χ2v) is 7.60. The van der Waals surface area contributed by atoms with Crippen molar-refractivity contribution < 1.29 is 0 Å². The van der Waals surface area contributed by atoms with Crippen molar-refractivity contribution in [3.05, 3.63) is 16.6 Å². The molecule has 1 aromatic heterocycles. The summed E-state index contributed by atoms with van der Waals surface area (Å²) in [5, 5.41) is 6.70. The van der Waals surface area contributed by atoms with Crippen LogP contribution in [0, 0.1) is 5.41 Å². The highest BCUT2D eigenvalue weighted by Crippen LogP contribution is 2.23. The SMILES string of the molecule is CC(C)(C)CC(N)CCNC(C)(C)c1nccs1. The molecular formula is C14H27N3S. The minimum absolute atomic E-state index is 0.0599. The predicted molar refractivity (Wildman–Crippen MR) is 79.8 cm³/mol. The number of nitrogens with one attached hydrogen (secondary N) is 1. The van der Waals surface area contributed by atoms with Gasteiger partial charge in [0.15, 0.2) is 0 Å². The van der Waals surface area contributed by atoms with Gasteiger partial charge in [-0.3, -0.25) is 0 Å². The number of hydrogen-bond donors (Lipinski definition) is 2. The van der Waals surface area contributed by atoms with Crippen molar-refractivity contribution in [2.24, 2.45) is 11.1 Å². The molecule has 1 rings (SSSR count). The Bertz CT molecular complexity index is 338. The van der Waals surface area contributed by atoms with Gasteiger partial charge in [0.25, 0.3) is 0 Å². The molecule has 1 heterocycles. The van der Waals surface area contributed by atoms with E-state index in [0.29, 0.717) is 5.41 Å². The summed E-state index contributed by atoms with van der Waals surface area (Å²) in [6.07, 6.45) is 3.92. The highest BCUT2D eigenvalue weighted by molar-refractivity contribution is 7.09. The molecule has 3 N–H and O–H groups in total. The summed E-state index contributed by atoms with van der Waals surface area (Å²) in [5.41, 5.74) is 6.40. The lowest BCUT2D eigenvalue weighted by Gasteiger charge is -2.27. The Morgan fingerprint density at radius 2 is 2.00 bits per heavy atom. The van der Waals surface area contributed by atoms with Crippen molar-refractivity contribution in [2.45, 2.75) is 59.0 Å². The van der Waals surface area contributed by atoms with Crippen molar-refractivity contribution in [1.29, 1.82) is 0 Å². The standard InChI is InChI=1S/C14H27N3S/c1-13(2,3)10-11(15)6-7-17-14(4,5)12-16-8-9-18-12/h8-9,11,17H,6-7,10,15H2,1-5H3. The van der Waals surface area contributed by atoms with E-state index >= 15 is 0 Å². The molecule has 0 aliphatic carbocycles. The van der Waals surface area contributed by atoms with Crippen LogP contribution in [-0.2, 0) is 5.54 Å². The molecule has 1 unspecified atom stereocenters. The van der Waals surface area contributed by atoms with Crippen molar-refractivity contribution in [1.82, 2.24) is 10.3 Å². The van der Waals surface area contributed by atoms with Crippen molar-refractivity contribution >= 4 is 11.3 Å². The molecular weight excluding hydrogens is 242 g/mol. The van der Waals surface area contributed by atoms with Gasteiger partial charge >= 0.3 is 0 Å². The second kappa shape index (κ2) is 6.13. The molecule has 0 spiro atoms. The minimum atomic E-state index is -0.0599. The summed E-state index contributed by atoms with van der Waals surface area (Å²) in [4.78, 5) is 4.37. The Labute approximate surface area is 115 Å². The van der Waals surface area contributed by atoms with Crippen LogP contribution in [0.5, 0.6) is 0 Å². The quantitative estimate of drug-likeness (QED) is 0.834. The van der Waals surface area contributed by atoms with Gasteiger partial charge < -0.3 is 11.1 Å². The highest BCUT2D eigenvalue weighted by atomic mass is 32.1. The van der Waals surface area contributed by atoms with E-state index in [2.05, 4.69) is 44.9 Å². The fourth-order valence-electron chi connectivity index (χ4n) is 2.07. The zero-order chi connectivity index (χ0) is 13.8. The van der Waals surface area contributed by atoms with Crippen molar-refractivity contribution in [3.63, 3.8) is 0 Å². The molecule has 0 amide bonds. The first-order valence-electron chi connectivity index (χ1n) is 6.61. The molecule has 4 heteroatoms. The lowest BCUT2D eigenvalue weighted by Crippen LogP contribution is -2.39. The van der Waals surface area contributed by atoms with E-state index in [1.807, 2.05) is 11.6 Å². The third kappa shape index (κ3) is 5.46. The van der Waals surface area contributed by atoms with Crippen LogP contribution in [0.1, 0.15) is 52.5 Å². The number of aromatic nitrogens is 1. The molecule has 0 aliphatic heterocycles. The summed E-state index contributed by atoms with van der Waals surface area (Å²) in [6, 6.07) is 0.268. The molecule has 0 saturated carbocycles. The lowest BCUT2D eigenvalue weighted by molar-refractivity contribution is 0.317. The first-order valence-corrected chi connectivity index (χ1v) is 7.49. The van der Waals surface area contributed by atoms with Gasteiger partial charge in [0, 0.05) is 17.6 Å². The van der Waals surface area contributed by atoms with E-state index < -0.39 is 0 Å². The molecule has 0 fully saturated rings. The van der Waals surface area contributed by atoms with Gasteiger partial charge in [-0.2, -0.15) is 0 Å². The Hall–Kier alpha value is -0.450. The average Bonchev–Trinajstić information content (AvgIpc) is 2.66. The molecule has 3 nitrogen and oxygen atoms in total. The fourth-order valence-corrected chi connectivity index (χ4v) is 2.81. The molecule has 0 radical (unpaired) electrons. The van der Waals surface area contributed by atoms with E-state index in [-0.39, 0.29) is 11.6 Å². The number of thiazole rings is 1. The summed E-state index contributed by atoms with van der Waals surface area (Å²) in [5.74, 6) is 0. The topological polar surface area (TPSA) is 50.9 Å². The van der Waals surface area contributed by atoms with Crippen LogP contribution >= 0.6 is 11.3 Å². The van der Waals surface area contributed by atoms with Gasteiger partial charge in [0.2, 0.25) is 0 Å². The van der Waals surface area contributed by atoms with Crippen molar-refractivity contribution in [3.8, 4) is 0 Å². The van der Waals surface area contributed by atoms with Crippen LogP contribution < -0.4 is 11.1 Å². The zero-order valence-corrected chi connectivity index (χ0v) is 13.1. The van der Waals surface area contributed by atoms with Crippen LogP contribution in [0.4, 0.5) is 0 Å². The fraction of sp³-hybridized carbons (Fsp3) is 0.786. The highest BCUT2D eigenvalue weighted by Gasteiger charge is 2.23. The van der Waals surface area contributed by atoms with E-state index in [4.69, 9.17) is 5.73 Å². The van der Waals surface area contributed by atoms with Gasteiger partial charge in [0.05, 0.1) is 5.54 Å². The maximum atomic E-state index is 6.15. The first kappa shape index (κ1) is 15.6. The number of nitrogens with zero attached hydrogens (tertiary/aromatic N) is 1. The zero-order valence-electron chi connectivity index (χ0n) is 12.3. The summed E-state index contributed by atoms with van der Waals surface area (Å²) in [7, 11) is 0. The molecule has 0 aliphatic rings. The molecule has 1 aromatic rings. The van der Waals surface area contributed by atoms with Gasteiger partial charge in [0.1, 0.15) is 5.01 Å². The third-order valence-electron chi connectivity index (χ3n) is 2.92. The molecule has 0 aromatic carbocycles. The Morgan fingerprint density at radius 3 is 2.50 bits per heavy atom. The van der Waals surface area contributed by atoms with Crippen LogP contribution in [0.15, 0.2) is 11.6 Å². The largest absolute Gasteiger partial charge is 0.328 e. The number of hydrogen-bond acceptors (Lipinski definition) is 4. The van der Waals surface area contributed by atoms with Gasteiger partial charge in [-0.05, 0) is 38.6 Å². The van der Waals surface area contributed by atoms with E-state index in [1.165, 1.54) is 0 Å². The second-order valence-electron chi connectivity index (χ2n) is 6.70. The third-order valence-corrected chi connectivity index (χ3v) is 4.02. The predicted octanol–water partition coefficient (Wildman–Crippen LogP) is 3.12. The summed E-state index contributed by atoms with van der Waals surface area (Å²) in [6.45, 7) is 12.0. The van der Waals surface area contributed by atoms with Gasteiger partial charge in [-0.25, -0.2) is 4.98 Å². The summed E-state index contributed by atoms with van der Waals surface area (Å²) >= 11 is 1.69. The van der Waals surface area contributed by atoms with Crippen LogP contribution in [-0.4, -0.2) is 17.6 Å². The van der Waals surface area contributed by atoms with E-state index in [1.54, 1.807) is 11.3 Å². The Kier molecular flexibility index (Phi) is 5.32.